The summed E-state index contributed by atoms with van der Waals surface area (Å²) in [6.07, 6.45) is 1.65. The van der Waals surface area contributed by atoms with Crippen LogP contribution in [0, 0.1) is 10.1 Å². The summed E-state index contributed by atoms with van der Waals surface area (Å²) in [4.78, 5) is 10.5. The Morgan fingerprint density at radius 2 is 2.30 bits per heavy atom. The van der Waals surface area contributed by atoms with Crippen molar-refractivity contribution in [3.8, 4) is 0 Å². The van der Waals surface area contributed by atoms with Crippen LogP contribution in [-0.4, -0.2) is 19.8 Å². The first kappa shape index (κ1) is 11.8. The lowest BCUT2D eigenvalue weighted by molar-refractivity contribution is -0.384. The Bertz CT molecular complexity index is 744. The molecule has 4 rings (SSSR count). The van der Waals surface area contributed by atoms with Gasteiger partial charge in [0, 0.05) is 17.5 Å². The van der Waals surface area contributed by atoms with E-state index in [1.54, 1.807) is 42.0 Å². The molecule has 2 aromatic rings. The molecule has 2 aliphatic heterocycles. The number of benzene rings is 1. The van der Waals surface area contributed by atoms with Crippen LogP contribution < -0.4 is 5.01 Å². The highest BCUT2D eigenvalue weighted by Gasteiger charge is 2.37. The molecule has 0 radical (unpaired) electrons. The average Bonchev–Trinajstić information content (AvgIpc) is 3.09. The van der Waals surface area contributed by atoms with E-state index in [4.69, 9.17) is 0 Å². The van der Waals surface area contributed by atoms with Crippen molar-refractivity contribution in [1.29, 1.82) is 0 Å². The molecular formula is C11H7N5O2S2. The second kappa shape index (κ2) is 4.25. The van der Waals surface area contributed by atoms with E-state index >= 15 is 0 Å². The molecule has 1 aromatic carbocycles. The lowest BCUT2D eigenvalue weighted by Crippen LogP contribution is -2.28. The number of rotatable bonds is 2. The maximum absolute atomic E-state index is 10.9. The van der Waals surface area contributed by atoms with Gasteiger partial charge in [0.25, 0.3) is 5.69 Å². The normalized spacial score (nSPS) is 19.7. The van der Waals surface area contributed by atoms with Gasteiger partial charge in [-0.3, -0.25) is 15.1 Å². The number of nitrogens with zero attached hydrogens (tertiary/aromatic N) is 5. The molecule has 0 aliphatic carbocycles. The number of thioether (sulfide) groups is 2. The third kappa shape index (κ3) is 1.63. The van der Waals surface area contributed by atoms with E-state index in [0.717, 1.165) is 15.7 Å². The SMILES string of the molecule is O=[N+]([O-])c1cccc([C@@H]2SC=C3Sc4nncn4N32)c1. The smallest absolute Gasteiger partial charge is 0.258 e. The fraction of sp³-hybridized carbons (Fsp3) is 0.0909. The number of hydrogen-bond acceptors (Lipinski definition) is 7. The molecule has 0 saturated heterocycles. The number of nitro groups is 1. The molecular weight excluding hydrogens is 298 g/mol. The summed E-state index contributed by atoms with van der Waals surface area (Å²) in [5.41, 5.74) is 0.991. The zero-order chi connectivity index (χ0) is 13.7. The minimum Gasteiger partial charge on any atom is -0.258 e. The Morgan fingerprint density at radius 3 is 3.15 bits per heavy atom. The van der Waals surface area contributed by atoms with Gasteiger partial charge >= 0.3 is 0 Å². The molecule has 0 N–H and O–H groups in total. The van der Waals surface area contributed by atoms with E-state index in [1.807, 2.05) is 21.2 Å². The molecule has 0 fully saturated rings. The zero-order valence-corrected chi connectivity index (χ0v) is 11.5. The fourth-order valence-corrected chi connectivity index (χ4v) is 4.38. The number of fused-ring (bicyclic) bond motifs is 3. The molecule has 0 amide bonds. The quantitative estimate of drug-likeness (QED) is 0.623. The summed E-state index contributed by atoms with van der Waals surface area (Å²) in [6, 6.07) is 6.72. The van der Waals surface area contributed by atoms with Crippen molar-refractivity contribution in [3.05, 3.63) is 56.7 Å². The van der Waals surface area contributed by atoms with Crippen LogP contribution in [0.25, 0.3) is 0 Å². The molecule has 2 aliphatic rings. The van der Waals surface area contributed by atoms with Gasteiger partial charge in [-0.25, -0.2) is 4.68 Å². The summed E-state index contributed by atoms with van der Waals surface area (Å²) < 4.78 is 1.88. The summed E-state index contributed by atoms with van der Waals surface area (Å²) >= 11 is 3.16. The minimum absolute atomic E-state index is 0.0327. The summed E-state index contributed by atoms with van der Waals surface area (Å²) in [7, 11) is 0. The Labute approximate surface area is 121 Å². The van der Waals surface area contributed by atoms with Gasteiger partial charge in [0.05, 0.1) is 4.92 Å². The Hall–Kier alpha value is -2.00. The molecule has 7 nitrogen and oxygen atoms in total. The van der Waals surface area contributed by atoms with Gasteiger partial charge in [-0.05, 0) is 17.3 Å². The van der Waals surface area contributed by atoms with E-state index in [0.29, 0.717) is 0 Å². The maximum Gasteiger partial charge on any atom is 0.269 e. The molecule has 9 heteroatoms. The van der Waals surface area contributed by atoms with Gasteiger partial charge in [-0.15, -0.1) is 10.2 Å². The third-order valence-corrected chi connectivity index (χ3v) is 5.24. The highest BCUT2D eigenvalue weighted by molar-refractivity contribution is 8.07. The van der Waals surface area contributed by atoms with Crippen molar-refractivity contribution in [2.45, 2.75) is 10.5 Å². The number of aromatic nitrogens is 3. The molecule has 0 saturated carbocycles. The van der Waals surface area contributed by atoms with Crippen molar-refractivity contribution in [2.24, 2.45) is 0 Å². The maximum atomic E-state index is 10.9. The molecule has 0 spiro atoms. The second-order valence-electron chi connectivity index (χ2n) is 4.20. The molecule has 1 aromatic heterocycles. The molecule has 20 heavy (non-hydrogen) atoms. The van der Waals surface area contributed by atoms with Crippen LogP contribution in [0.1, 0.15) is 10.9 Å². The average molecular weight is 305 g/mol. The lowest BCUT2D eigenvalue weighted by atomic mass is 10.2. The molecule has 100 valence electrons. The van der Waals surface area contributed by atoms with Crippen LogP contribution in [0.2, 0.25) is 0 Å². The number of non-ortho nitro benzene ring substituents is 1. The van der Waals surface area contributed by atoms with Crippen molar-refractivity contribution in [2.75, 3.05) is 5.01 Å². The van der Waals surface area contributed by atoms with Crippen LogP contribution in [0.5, 0.6) is 0 Å². The van der Waals surface area contributed by atoms with Gasteiger partial charge in [0.1, 0.15) is 16.7 Å². The van der Waals surface area contributed by atoms with E-state index in [1.165, 1.54) is 6.07 Å². The Morgan fingerprint density at radius 1 is 1.40 bits per heavy atom. The second-order valence-corrected chi connectivity index (χ2v) is 6.14. The van der Waals surface area contributed by atoms with E-state index in [9.17, 15) is 10.1 Å². The third-order valence-electron chi connectivity index (χ3n) is 3.04. The predicted molar refractivity (Wildman–Crippen MR) is 75.6 cm³/mol. The van der Waals surface area contributed by atoms with Crippen molar-refractivity contribution in [3.63, 3.8) is 0 Å². The van der Waals surface area contributed by atoms with E-state index in [-0.39, 0.29) is 16.0 Å². The van der Waals surface area contributed by atoms with Crippen LogP contribution >= 0.6 is 23.5 Å². The molecule has 0 unspecified atom stereocenters. The summed E-state index contributed by atoms with van der Waals surface area (Å²) in [6.45, 7) is 0. The summed E-state index contributed by atoms with van der Waals surface area (Å²) in [5, 5.41) is 24.7. The highest BCUT2D eigenvalue weighted by Crippen LogP contribution is 2.50. The zero-order valence-electron chi connectivity index (χ0n) is 9.91. The van der Waals surface area contributed by atoms with Crippen molar-refractivity contribution in [1.82, 2.24) is 14.9 Å². The van der Waals surface area contributed by atoms with Gasteiger partial charge < -0.3 is 0 Å². The lowest BCUT2D eigenvalue weighted by Gasteiger charge is -2.23. The Balaban J connectivity index is 1.74. The van der Waals surface area contributed by atoms with E-state index < -0.39 is 0 Å². The van der Waals surface area contributed by atoms with E-state index in [2.05, 4.69) is 10.2 Å². The minimum atomic E-state index is -0.375. The first-order valence-electron chi connectivity index (χ1n) is 5.71. The number of nitro benzene ring substituents is 1. The fourth-order valence-electron chi connectivity index (χ4n) is 2.18. The van der Waals surface area contributed by atoms with Gasteiger partial charge in [-0.1, -0.05) is 23.9 Å². The Kier molecular flexibility index (Phi) is 2.51. The standard InChI is InChI=1S/C11H7N5O2S2/c17-16(18)8-3-1-2-7(4-8)10-15-9(5-19-10)20-11-13-12-6-14(11)15/h1-6,10H/t10-/m0/s1. The molecule has 3 heterocycles. The first-order chi connectivity index (χ1) is 9.74. The van der Waals surface area contributed by atoms with Crippen molar-refractivity contribution >= 4 is 29.2 Å². The van der Waals surface area contributed by atoms with Crippen LogP contribution in [0.15, 0.2) is 46.2 Å². The first-order valence-corrected chi connectivity index (χ1v) is 7.47. The summed E-state index contributed by atoms with van der Waals surface area (Å²) in [5.74, 6) is 0. The topological polar surface area (TPSA) is 77.1 Å². The largest absolute Gasteiger partial charge is 0.269 e. The van der Waals surface area contributed by atoms with Crippen LogP contribution in [0.3, 0.4) is 0 Å². The molecule has 0 bridgehead atoms. The predicted octanol–water partition coefficient (Wildman–Crippen LogP) is 2.47. The van der Waals surface area contributed by atoms with Gasteiger partial charge in [0.15, 0.2) is 0 Å². The van der Waals surface area contributed by atoms with Gasteiger partial charge in [0.2, 0.25) is 5.16 Å². The monoisotopic (exact) mass is 305 g/mol. The van der Waals surface area contributed by atoms with Gasteiger partial charge in [-0.2, -0.15) is 0 Å². The number of hydrogen-bond donors (Lipinski definition) is 0. The van der Waals surface area contributed by atoms with Crippen LogP contribution in [0.4, 0.5) is 5.69 Å². The highest BCUT2D eigenvalue weighted by atomic mass is 32.2. The molecule has 1 atom stereocenters. The van der Waals surface area contributed by atoms with Crippen molar-refractivity contribution < 1.29 is 4.92 Å². The van der Waals surface area contributed by atoms with Crippen LogP contribution in [-0.2, 0) is 0 Å².